The van der Waals surface area contributed by atoms with E-state index in [0.29, 0.717) is 34.9 Å². The Morgan fingerprint density at radius 2 is 1.69 bits per heavy atom. The lowest BCUT2D eigenvalue weighted by molar-refractivity contribution is -0.141. The standard InChI is InChI=1S/C24H27NO7/c1-15-9-19(16(2)25(15)13-18-7-6-8-31-18)20(26)14-32-23(27)12-17-10-21(28-3)24(30-5)22(11-17)29-4/h6-11H,12-14H2,1-5H3. The molecule has 0 aliphatic rings. The number of furan rings is 1. The van der Waals surface area contributed by atoms with Gasteiger partial charge in [-0.3, -0.25) is 9.59 Å². The Balaban J connectivity index is 1.65. The lowest BCUT2D eigenvalue weighted by atomic mass is 10.1. The molecule has 3 aromatic rings. The molecule has 0 saturated carbocycles. The summed E-state index contributed by atoms with van der Waals surface area (Å²) in [6.07, 6.45) is 1.57. The number of Topliss-reactive ketones (excluding diaryl/α,β-unsaturated/α-hetero) is 1. The molecule has 170 valence electrons. The molecule has 0 N–H and O–H groups in total. The van der Waals surface area contributed by atoms with E-state index in [4.69, 9.17) is 23.4 Å². The van der Waals surface area contributed by atoms with E-state index in [1.54, 1.807) is 24.5 Å². The first-order chi connectivity index (χ1) is 15.4. The minimum absolute atomic E-state index is 0.0402. The first-order valence-electron chi connectivity index (χ1n) is 10.0. The van der Waals surface area contributed by atoms with Crippen LogP contribution in [0.4, 0.5) is 0 Å². The Kier molecular flexibility index (Phi) is 7.25. The average Bonchev–Trinajstić information content (AvgIpc) is 3.40. The molecule has 0 amide bonds. The number of hydrogen-bond acceptors (Lipinski definition) is 7. The van der Waals surface area contributed by atoms with Crippen LogP contribution in [0.1, 0.15) is 33.1 Å². The molecule has 0 atom stereocenters. The minimum atomic E-state index is -0.531. The number of rotatable bonds is 10. The van der Waals surface area contributed by atoms with E-state index in [2.05, 4.69) is 0 Å². The summed E-state index contributed by atoms with van der Waals surface area (Å²) in [4.78, 5) is 25.1. The fourth-order valence-corrected chi connectivity index (χ4v) is 3.56. The normalized spacial score (nSPS) is 10.7. The van der Waals surface area contributed by atoms with Crippen LogP contribution in [-0.2, 0) is 22.5 Å². The number of esters is 1. The number of nitrogens with zero attached hydrogens (tertiary/aromatic N) is 1. The molecular formula is C24H27NO7. The van der Waals surface area contributed by atoms with Gasteiger partial charge in [0.05, 0.1) is 40.6 Å². The van der Waals surface area contributed by atoms with E-state index < -0.39 is 5.97 Å². The highest BCUT2D eigenvalue weighted by atomic mass is 16.5. The zero-order valence-corrected chi connectivity index (χ0v) is 18.9. The van der Waals surface area contributed by atoms with Crippen LogP contribution in [0.25, 0.3) is 0 Å². The molecule has 0 saturated heterocycles. The third-order valence-electron chi connectivity index (χ3n) is 5.21. The highest BCUT2D eigenvalue weighted by Gasteiger charge is 2.19. The maximum Gasteiger partial charge on any atom is 0.310 e. The van der Waals surface area contributed by atoms with E-state index in [9.17, 15) is 9.59 Å². The van der Waals surface area contributed by atoms with Gasteiger partial charge >= 0.3 is 5.97 Å². The number of benzene rings is 1. The van der Waals surface area contributed by atoms with E-state index in [1.165, 1.54) is 21.3 Å². The van der Waals surface area contributed by atoms with Crippen LogP contribution >= 0.6 is 0 Å². The molecule has 0 bridgehead atoms. The second-order valence-corrected chi connectivity index (χ2v) is 7.24. The summed E-state index contributed by atoms with van der Waals surface area (Å²) in [7, 11) is 4.51. The third-order valence-corrected chi connectivity index (χ3v) is 5.21. The van der Waals surface area contributed by atoms with Crippen molar-refractivity contribution in [2.24, 2.45) is 0 Å². The smallest absolute Gasteiger partial charge is 0.310 e. The van der Waals surface area contributed by atoms with Crippen molar-refractivity contribution in [1.82, 2.24) is 4.57 Å². The molecule has 0 spiro atoms. The van der Waals surface area contributed by atoms with Gasteiger partial charge in [0.2, 0.25) is 11.5 Å². The summed E-state index contributed by atoms with van der Waals surface area (Å²) in [5.41, 5.74) is 2.86. The molecule has 8 nitrogen and oxygen atoms in total. The van der Waals surface area contributed by atoms with Gasteiger partial charge in [0.25, 0.3) is 0 Å². The monoisotopic (exact) mass is 441 g/mol. The minimum Gasteiger partial charge on any atom is -0.493 e. The van der Waals surface area contributed by atoms with Crippen LogP contribution < -0.4 is 14.2 Å². The molecule has 0 aliphatic heterocycles. The predicted octanol–water partition coefficient (Wildman–Crippen LogP) is 3.74. The van der Waals surface area contributed by atoms with Crippen molar-refractivity contribution in [2.75, 3.05) is 27.9 Å². The van der Waals surface area contributed by atoms with Crippen molar-refractivity contribution in [1.29, 1.82) is 0 Å². The largest absolute Gasteiger partial charge is 0.493 e. The van der Waals surface area contributed by atoms with Crippen molar-refractivity contribution in [3.63, 3.8) is 0 Å². The second-order valence-electron chi connectivity index (χ2n) is 7.24. The molecule has 32 heavy (non-hydrogen) atoms. The molecular weight excluding hydrogens is 414 g/mol. The van der Waals surface area contributed by atoms with Crippen LogP contribution in [-0.4, -0.2) is 44.3 Å². The lowest BCUT2D eigenvalue weighted by Crippen LogP contribution is -2.16. The van der Waals surface area contributed by atoms with E-state index in [-0.39, 0.29) is 18.8 Å². The maximum atomic E-state index is 12.7. The molecule has 8 heteroatoms. The summed E-state index contributed by atoms with van der Waals surface area (Å²) in [6, 6.07) is 8.85. The first-order valence-corrected chi connectivity index (χ1v) is 10.0. The van der Waals surface area contributed by atoms with Crippen molar-refractivity contribution >= 4 is 11.8 Å². The molecule has 1 aromatic carbocycles. The molecule has 0 unspecified atom stereocenters. The molecule has 2 heterocycles. The van der Waals surface area contributed by atoms with Crippen molar-refractivity contribution in [3.8, 4) is 17.2 Å². The van der Waals surface area contributed by atoms with Crippen LogP contribution in [0.15, 0.2) is 41.0 Å². The number of aryl methyl sites for hydroxylation is 1. The number of methoxy groups -OCH3 is 3. The summed E-state index contributed by atoms with van der Waals surface area (Å²) >= 11 is 0. The molecule has 2 aromatic heterocycles. The fraction of sp³-hybridized carbons (Fsp3) is 0.333. The molecule has 0 radical (unpaired) electrons. The van der Waals surface area contributed by atoms with Gasteiger partial charge in [-0.15, -0.1) is 0 Å². The number of ether oxygens (including phenoxy) is 4. The summed E-state index contributed by atoms with van der Waals surface area (Å²) < 4.78 is 28.5. The average molecular weight is 441 g/mol. The second kappa shape index (κ2) is 10.1. The lowest BCUT2D eigenvalue weighted by Gasteiger charge is -2.14. The zero-order chi connectivity index (χ0) is 23.3. The number of carbonyl (C=O) groups is 2. The number of hydrogen-bond donors (Lipinski definition) is 0. The molecule has 0 fully saturated rings. The molecule has 3 rings (SSSR count). The fourth-order valence-electron chi connectivity index (χ4n) is 3.56. The number of aromatic nitrogens is 1. The van der Waals surface area contributed by atoms with Gasteiger partial charge in [0.1, 0.15) is 5.76 Å². The Labute approximate surface area is 186 Å². The maximum absolute atomic E-state index is 12.7. The van der Waals surface area contributed by atoms with E-state index in [0.717, 1.165) is 17.1 Å². The van der Waals surface area contributed by atoms with Crippen molar-refractivity contribution in [3.05, 3.63) is 64.9 Å². The quantitative estimate of drug-likeness (QED) is 0.350. The van der Waals surface area contributed by atoms with Gasteiger partial charge in [0.15, 0.2) is 18.1 Å². The topological polar surface area (TPSA) is 89.1 Å². The van der Waals surface area contributed by atoms with Gasteiger partial charge in [-0.05, 0) is 49.7 Å². The number of carbonyl (C=O) groups excluding carboxylic acids is 2. The van der Waals surface area contributed by atoms with Gasteiger partial charge in [-0.2, -0.15) is 0 Å². The van der Waals surface area contributed by atoms with Crippen LogP contribution in [0.2, 0.25) is 0 Å². The van der Waals surface area contributed by atoms with Gasteiger partial charge < -0.3 is 27.9 Å². The van der Waals surface area contributed by atoms with Gasteiger partial charge in [0, 0.05) is 17.0 Å². The Morgan fingerprint density at radius 1 is 1.00 bits per heavy atom. The number of ketones is 1. The Hall–Kier alpha value is -3.68. The van der Waals surface area contributed by atoms with Crippen molar-refractivity contribution in [2.45, 2.75) is 26.8 Å². The molecule has 0 aliphatic carbocycles. The summed E-state index contributed by atoms with van der Waals surface area (Å²) in [5, 5.41) is 0. The first kappa shape index (κ1) is 23.0. The van der Waals surface area contributed by atoms with Crippen LogP contribution in [0.5, 0.6) is 17.2 Å². The Bertz CT molecular complexity index is 1070. The van der Waals surface area contributed by atoms with Gasteiger partial charge in [-0.1, -0.05) is 0 Å². The Morgan fingerprint density at radius 3 is 2.25 bits per heavy atom. The van der Waals surface area contributed by atoms with Crippen molar-refractivity contribution < 1.29 is 33.0 Å². The van der Waals surface area contributed by atoms with E-state index >= 15 is 0 Å². The third kappa shape index (κ3) is 4.96. The highest BCUT2D eigenvalue weighted by Crippen LogP contribution is 2.38. The van der Waals surface area contributed by atoms with Gasteiger partial charge in [-0.25, -0.2) is 0 Å². The summed E-state index contributed by atoms with van der Waals surface area (Å²) in [6.45, 7) is 3.97. The highest BCUT2D eigenvalue weighted by molar-refractivity contribution is 5.99. The SMILES string of the molecule is COc1cc(CC(=O)OCC(=O)c2cc(C)n(Cc3ccco3)c2C)cc(OC)c1OC. The van der Waals surface area contributed by atoms with E-state index in [1.807, 2.05) is 30.5 Å². The summed E-state index contributed by atoms with van der Waals surface area (Å²) in [5.74, 6) is 1.32. The predicted molar refractivity (Wildman–Crippen MR) is 117 cm³/mol. The van der Waals surface area contributed by atoms with Crippen LogP contribution in [0, 0.1) is 13.8 Å². The van der Waals surface area contributed by atoms with Crippen LogP contribution in [0.3, 0.4) is 0 Å². The zero-order valence-electron chi connectivity index (χ0n) is 18.9.